The lowest BCUT2D eigenvalue weighted by atomic mass is 9.91. The zero-order valence-electron chi connectivity index (χ0n) is 9.54. The second kappa shape index (κ2) is 4.88. The van der Waals surface area contributed by atoms with Crippen molar-refractivity contribution < 1.29 is 14.5 Å². The van der Waals surface area contributed by atoms with E-state index in [0.29, 0.717) is 5.56 Å². The van der Waals surface area contributed by atoms with Gasteiger partial charge in [-0.05, 0) is 12.5 Å². The van der Waals surface area contributed by atoms with Crippen LogP contribution in [0.25, 0.3) is 0 Å². The second-order valence-corrected chi connectivity index (χ2v) is 3.86. The van der Waals surface area contributed by atoms with E-state index in [2.05, 4.69) is 9.72 Å². The van der Waals surface area contributed by atoms with Gasteiger partial charge in [0.05, 0.1) is 24.0 Å². The number of esters is 1. The van der Waals surface area contributed by atoms with Gasteiger partial charge in [-0.1, -0.05) is 0 Å². The predicted molar refractivity (Wildman–Crippen MR) is 59.1 cm³/mol. The molecule has 0 aromatic carbocycles. The molecule has 0 aliphatic carbocycles. The van der Waals surface area contributed by atoms with E-state index in [-0.39, 0.29) is 12.1 Å². The number of pyridine rings is 1. The number of hydrogen-bond donors (Lipinski definition) is 1. The van der Waals surface area contributed by atoms with E-state index in [1.807, 2.05) is 0 Å². The molecule has 1 atom stereocenters. The highest BCUT2D eigenvalue weighted by molar-refractivity contribution is 5.71. The summed E-state index contributed by atoms with van der Waals surface area (Å²) in [6.07, 6.45) is 2.44. The van der Waals surface area contributed by atoms with Crippen LogP contribution in [-0.4, -0.2) is 23.0 Å². The van der Waals surface area contributed by atoms with Gasteiger partial charge in [0, 0.05) is 12.3 Å². The van der Waals surface area contributed by atoms with Crippen molar-refractivity contribution in [2.75, 3.05) is 7.11 Å². The van der Waals surface area contributed by atoms with Gasteiger partial charge < -0.3 is 10.5 Å². The quantitative estimate of drug-likeness (QED) is 0.471. The minimum absolute atomic E-state index is 0.0770. The molecule has 2 N–H and O–H groups in total. The SMILES string of the molecule is COC(=O)C[C@](C)(N)c1cncc([N+](=O)[O-])c1. The second-order valence-electron chi connectivity index (χ2n) is 3.86. The van der Waals surface area contributed by atoms with Crippen LogP contribution in [0.1, 0.15) is 18.9 Å². The van der Waals surface area contributed by atoms with Crippen LogP contribution in [-0.2, 0) is 15.1 Å². The van der Waals surface area contributed by atoms with Gasteiger partial charge in [0.25, 0.3) is 5.69 Å². The van der Waals surface area contributed by atoms with Gasteiger partial charge >= 0.3 is 5.97 Å². The number of nitrogens with zero attached hydrogens (tertiary/aromatic N) is 2. The minimum Gasteiger partial charge on any atom is -0.469 e. The molecule has 0 bridgehead atoms. The molecule has 92 valence electrons. The number of carbonyl (C=O) groups is 1. The molecule has 7 nitrogen and oxygen atoms in total. The number of nitro groups is 1. The summed E-state index contributed by atoms with van der Waals surface area (Å²) < 4.78 is 4.51. The van der Waals surface area contributed by atoms with Gasteiger partial charge in [0.2, 0.25) is 0 Å². The lowest BCUT2D eigenvalue weighted by Gasteiger charge is -2.22. The van der Waals surface area contributed by atoms with Crippen molar-refractivity contribution in [3.63, 3.8) is 0 Å². The smallest absolute Gasteiger partial charge is 0.307 e. The summed E-state index contributed by atoms with van der Waals surface area (Å²) in [5.41, 5.74) is 5.12. The first-order chi connectivity index (χ1) is 7.86. The summed E-state index contributed by atoms with van der Waals surface area (Å²) in [4.78, 5) is 24.9. The Labute approximate surface area is 97.7 Å². The Hall–Kier alpha value is -2.02. The standard InChI is InChI=1S/C10H13N3O4/c1-10(11,4-9(14)17-2)7-3-8(13(15)16)6-12-5-7/h3,5-6H,4,11H2,1-2H3/t10-/m0/s1. The molecule has 0 aliphatic heterocycles. The number of hydrogen-bond acceptors (Lipinski definition) is 6. The van der Waals surface area contributed by atoms with Crippen molar-refractivity contribution in [1.82, 2.24) is 4.98 Å². The lowest BCUT2D eigenvalue weighted by molar-refractivity contribution is -0.385. The highest BCUT2D eigenvalue weighted by atomic mass is 16.6. The van der Waals surface area contributed by atoms with Crippen LogP contribution in [0.4, 0.5) is 5.69 Å². The summed E-state index contributed by atoms with van der Waals surface area (Å²) in [5, 5.41) is 10.6. The normalized spacial score (nSPS) is 13.8. The molecular formula is C10H13N3O4. The number of ether oxygens (including phenoxy) is 1. The highest BCUT2D eigenvalue weighted by Gasteiger charge is 2.27. The Bertz CT molecular complexity index is 445. The summed E-state index contributed by atoms with van der Waals surface area (Å²) in [5.74, 6) is -0.485. The summed E-state index contributed by atoms with van der Waals surface area (Å²) in [7, 11) is 1.25. The fraction of sp³-hybridized carbons (Fsp3) is 0.400. The van der Waals surface area contributed by atoms with Crippen molar-refractivity contribution >= 4 is 11.7 Å². The zero-order chi connectivity index (χ0) is 13.1. The summed E-state index contributed by atoms with van der Waals surface area (Å²) in [6.45, 7) is 1.59. The van der Waals surface area contributed by atoms with E-state index in [1.165, 1.54) is 19.4 Å². The van der Waals surface area contributed by atoms with Crippen molar-refractivity contribution in [1.29, 1.82) is 0 Å². The molecule has 7 heteroatoms. The third kappa shape index (κ3) is 3.22. The number of nitrogens with two attached hydrogens (primary N) is 1. The molecule has 1 rings (SSSR count). The molecule has 0 unspecified atom stereocenters. The van der Waals surface area contributed by atoms with Crippen LogP contribution in [0, 0.1) is 10.1 Å². The molecule has 0 saturated heterocycles. The maximum atomic E-state index is 11.2. The average molecular weight is 239 g/mol. The van der Waals surface area contributed by atoms with Crippen molar-refractivity contribution in [2.24, 2.45) is 5.73 Å². The third-order valence-corrected chi connectivity index (χ3v) is 2.33. The van der Waals surface area contributed by atoms with Crippen LogP contribution in [0.15, 0.2) is 18.5 Å². The van der Waals surface area contributed by atoms with Crippen LogP contribution >= 0.6 is 0 Å². The minimum atomic E-state index is -1.05. The van der Waals surface area contributed by atoms with E-state index >= 15 is 0 Å². The molecular weight excluding hydrogens is 226 g/mol. The molecule has 1 heterocycles. The molecule has 17 heavy (non-hydrogen) atoms. The van der Waals surface area contributed by atoms with Crippen LogP contribution in [0.5, 0.6) is 0 Å². The van der Waals surface area contributed by atoms with Gasteiger partial charge in [0.1, 0.15) is 6.20 Å². The van der Waals surface area contributed by atoms with Gasteiger partial charge in [-0.3, -0.25) is 19.9 Å². The molecule has 1 aromatic rings. The Morgan fingerprint density at radius 3 is 2.82 bits per heavy atom. The van der Waals surface area contributed by atoms with Gasteiger partial charge in [0.15, 0.2) is 0 Å². The maximum absolute atomic E-state index is 11.2. The Morgan fingerprint density at radius 2 is 2.29 bits per heavy atom. The first kappa shape index (κ1) is 13.0. The summed E-state index contributed by atoms with van der Waals surface area (Å²) in [6, 6.07) is 1.30. The van der Waals surface area contributed by atoms with E-state index < -0.39 is 16.4 Å². The predicted octanol–water partition coefficient (Wildman–Crippen LogP) is 0.727. The molecule has 0 amide bonds. The van der Waals surface area contributed by atoms with E-state index in [0.717, 1.165) is 6.20 Å². The Kier molecular flexibility index (Phi) is 3.74. The molecule has 0 aliphatic rings. The van der Waals surface area contributed by atoms with E-state index in [1.54, 1.807) is 6.92 Å². The zero-order valence-corrected chi connectivity index (χ0v) is 9.54. The molecule has 0 spiro atoms. The fourth-order valence-corrected chi connectivity index (χ4v) is 1.31. The molecule has 0 radical (unpaired) electrons. The fourth-order valence-electron chi connectivity index (χ4n) is 1.31. The first-order valence-electron chi connectivity index (χ1n) is 4.82. The highest BCUT2D eigenvalue weighted by Crippen LogP contribution is 2.24. The average Bonchev–Trinajstić information content (AvgIpc) is 2.28. The first-order valence-corrected chi connectivity index (χ1v) is 4.82. The maximum Gasteiger partial charge on any atom is 0.307 e. The largest absolute Gasteiger partial charge is 0.469 e. The Balaban J connectivity index is 3.01. The molecule has 0 saturated carbocycles. The van der Waals surface area contributed by atoms with Gasteiger partial charge in [-0.25, -0.2) is 0 Å². The van der Waals surface area contributed by atoms with Crippen molar-refractivity contribution in [2.45, 2.75) is 18.9 Å². The topological polar surface area (TPSA) is 108 Å². The van der Waals surface area contributed by atoms with Gasteiger partial charge in [-0.2, -0.15) is 0 Å². The van der Waals surface area contributed by atoms with Crippen LogP contribution in [0.2, 0.25) is 0 Å². The van der Waals surface area contributed by atoms with Crippen LogP contribution < -0.4 is 5.73 Å². The van der Waals surface area contributed by atoms with Crippen molar-refractivity contribution in [3.8, 4) is 0 Å². The molecule has 1 aromatic heterocycles. The van der Waals surface area contributed by atoms with Gasteiger partial charge in [-0.15, -0.1) is 0 Å². The van der Waals surface area contributed by atoms with E-state index in [4.69, 9.17) is 5.73 Å². The number of methoxy groups -OCH3 is 1. The number of carbonyl (C=O) groups excluding carboxylic acids is 1. The van der Waals surface area contributed by atoms with E-state index in [9.17, 15) is 14.9 Å². The Morgan fingerprint density at radius 1 is 1.65 bits per heavy atom. The number of aromatic nitrogens is 1. The van der Waals surface area contributed by atoms with Crippen molar-refractivity contribution in [3.05, 3.63) is 34.1 Å². The molecule has 0 fully saturated rings. The lowest BCUT2D eigenvalue weighted by Crippen LogP contribution is -2.36. The monoisotopic (exact) mass is 239 g/mol. The van der Waals surface area contributed by atoms with Crippen LogP contribution in [0.3, 0.4) is 0 Å². The third-order valence-electron chi connectivity index (χ3n) is 2.33. The summed E-state index contributed by atoms with van der Waals surface area (Å²) >= 11 is 0. The number of rotatable bonds is 4.